The van der Waals surface area contributed by atoms with E-state index in [1.165, 1.54) is 0 Å². The Bertz CT molecular complexity index is 1460. The summed E-state index contributed by atoms with van der Waals surface area (Å²) in [4.78, 5) is 24.6. The van der Waals surface area contributed by atoms with Gasteiger partial charge in [0.05, 0.1) is 22.7 Å². The molecule has 1 saturated carbocycles. The summed E-state index contributed by atoms with van der Waals surface area (Å²) < 4.78 is 18.3. The first-order valence-corrected chi connectivity index (χ1v) is 15.4. The van der Waals surface area contributed by atoms with Gasteiger partial charge in [0.2, 0.25) is 0 Å². The second kappa shape index (κ2) is 11.1. The van der Waals surface area contributed by atoms with Gasteiger partial charge in [0.15, 0.2) is 5.49 Å². The maximum absolute atomic E-state index is 12.2. The van der Waals surface area contributed by atoms with E-state index in [0.717, 1.165) is 21.4 Å². The fraction of sp³-hybridized carbons (Fsp3) is 0.448. The number of rotatable bonds is 8. The maximum Gasteiger partial charge on any atom is 0.306 e. The van der Waals surface area contributed by atoms with Gasteiger partial charge in [-0.05, 0) is 77.3 Å². The zero-order valence-electron chi connectivity index (χ0n) is 22.3. The standard InChI is InChI=1S/C29H36ClN3O4S/c1-6-18(19-9-13-22(14-10-19)38(4,5)36)15-16-29(2,3)25-23(30)17-24-26(32-25)33-28(31-24)37-21-11-7-20(8-12-21)27(34)35/h6,9-10,13-17,20-21,23,25H,4,7-8,11-12H2,1-3,5H3,(H,34,35)(H,31,32,33)/b16-15-,18-6+. The number of H-pyrrole nitrogens is 1. The number of allylic oxidation sites excluding steroid dienone is 3. The van der Waals surface area contributed by atoms with Crippen molar-refractivity contribution in [3.8, 4) is 6.01 Å². The third-order valence-corrected chi connectivity index (χ3v) is 8.97. The minimum Gasteiger partial charge on any atom is -0.481 e. The van der Waals surface area contributed by atoms with Crippen molar-refractivity contribution in [2.45, 2.75) is 68.9 Å². The molecule has 1 aromatic heterocycles. The lowest BCUT2D eigenvalue weighted by molar-refractivity contribution is -0.143. The molecule has 1 aliphatic carbocycles. The Morgan fingerprint density at radius 2 is 1.89 bits per heavy atom. The number of carbonyl (C=O) groups is 1. The van der Waals surface area contributed by atoms with E-state index in [4.69, 9.17) is 21.3 Å². The van der Waals surface area contributed by atoms with Crippen LogP contribution in [0.15, 0.2) is 52.4 Å². The van der Waals surface area contributed by atoms with Crippen molar-refractivity contribution in [1.29, 1.82) is 0 Å². The second-order valence-electron chi connectivity index (χ2n) is 10.8. The predicted octanol–water partition coefficient (Wildman–Crippen LogP) is 4.21. The molecule has 4 rings (SSSR count). The van der Waals surface area contributed by atoms with E-state index in [9.17, 15) is 14.1 Å². The molecule has 1 fully saturated rings. The van der Waals surface area contributed by atoms with Gasteiger partial charge in [0.25, 0.3) is 6.01 Å². The SMILES string of the molecule is C=S(C)(=O)c1ccc(C(/C=C\C(C)(C)C2N=c3nc(OC4CCC(C(=O)O)CC4)[nH]c3=CC2Cl)=C/C)cc1. The topological polar surface area (TPSA) is 105 Å². The molecule has 204 valence electrons. The molecule has 1 aromatic carbocycles. The number of nitrogens with one attached hydrogen (secondary N) is 1. The molecule has 0 bridgehead atoms. The number of hydrogen-bond acceptors (Lipinski definition) is 5. The molecule has 3 atom stereocenters. The summed E-state index contributed by atoms with van der Waals surface area (Å²) in [6.45, 7) is 6.18. The van der Waals surface area contributed by atoms with Crippen LogP contribution in [0.2, 0.25) is 0 Å². The molecule has 2 aromatic rings. The molecule has 0 amide bonds. The van der Waals surface area contributed by atoms with Crippen LogP contribution in [0.25, 0.3) is 11.6 Å². The second-order valence-corrected chi connectivity index (χ2v) is 13.8. The molecule has 0 radical (unpaired) electrons. The average molecular weight is 558 g/mol. The Labute approximate surface area is 229 Å². The zero-order valence-corrected chi connectivity index (χ0v) is 23.9. The van der Waals surface area contributed by atoms with Crippen molar-refractivity contribution < 1.29 is 18.8 Å². The Kier molecular flexibility index (Phi) is 8.23. The maximum atomic E-state index is 12.2. The highest BCUT2D eigenvalue weighted by Gasteiger charge is 2.34. The van der Waals surface area contributed by atoms with Gasteiger partial charge in [-0.25, -0.2) is 0 Å². The molecule has 9 heteroatoms. The third-order valence-electron chi connectivity index (χ3n) is 7.33. The third kappa shape index (κ3) is 6.41. The fourth-order valence-electron chi connectivity index (χ4n) is 4.94. The molecule has 0 saturated heterocycles. The summed E-state index contributed by atoms with van der Waals surface area (Å²) >= 11 is 6.79. The first-order chi connectivity index (χ1) is 17.9. The minimum absolute atomic E-state index is 0.0640. The first-order valence-electron chi connectivity index (χ1n) is 12.8. The average Bonchev–Trinajstić information content (AvgIpc) is 3.24. The molecule has 0 spiro atoms. The van der Waals surface area contributed by atoms with E-state index in [0.29, 0.717) is 37.2 Å². The van der Waals surface area contributed by atoms with Gasteiger partial charge in [-0.1, -0.05) is 44.2 Å². The van der Waals surface area contributed by atoms with E-state index >= 15 is 0 Å². The van der Waals surface area contributed by atoms with Crippen LogP contribution >= 0.6 is 11.6 Å². The Hall–Kier alpha value is -2.84. The van der Waals surface area contributed by atoms with Crippen molar-refractivity contribution in [1.82, 2.24) is 9.97 Å². The number of fused-ring (bicyclic) bond motifs is 1. The molecule has 7 nitrogen and oxygen atoms in total. The summed E-state index contributed by atoms with van der Waals surface area (Å²) in [5.74, 6) is 2.73. The fourth-order valence-corrected chi connectivity index (χ4v) is 6.16. The van der Waals surface area contributed by atoms with Crippen LogP contribution in [0.4, 0.5) is 0 Å². The van der Waals surface area contributed by atoms with Crippen LogP contribution < -0.4 is 15.6 Å². The molecule has 2 heterocycles. The van der Waals surface area contributed by atoms with Gasteiger partial charge in [0.1, 0.15) is 6.10 Å². The number of hydrogen-bond donors (Lipinski definition) is 2. The molecule has 2 aliphatic rings. The van der Waals surface area contributed by atoms with E-state index in [1.807, 2.05) is 43.3 Å². The number of carboxylic acids is 1. The van der Waals surface area contributed by atoms with Gasteiger partial charge < -0.3 is 14.8 Å². The molecule has 38 heavy (non-hydrogen) atoms. The number of imidazole rings is 1. The van der Waals surface area contributed by atoms with Crippen molar-refractivity contribution in [3.05, 3.63) is 58.9 Å². The Morgan fingerprint density at radius 1 is 1.24 bits per heavy atom. The van der Waals surface area contributed by atoms with Crippen LogP contribution in [-0.2, 0) is 14.3 Å². The van der Waals surface area contributed by atoms with Crippen molar-refractivity contribution in [2.75, 3.05) is 6.26 Å². The van der Waals surface area contributed by atoms with Crippen molar-refractivity contribution >= 4 is 44.6 Å². The van der Waals surface area contributed by atoms with Crippen LogP contribution in [0.3, 0.4) is 0 Å². The summed E-state index contributed by atoms with van der Waals surface area (Å²) in [5.41, 5.74) is 2.25. The number of halogens is 1. The van der Waals surface area contributed by atoms with Crippen LogP contribution in [-0.4, -0.2) is 54.9 Å². The lowest BCUT2D eigenvalue weighted by atomic mass is 9.81. The Balaban J connectivity index is 1.49. The first kappa shape index (κ1) is 28.2. The number of benzene rings is 1. The number of aromatic nitrogens is 2. The zero-order chi connectivity index (χ0) is 27.7. The number of carboxylic acid groups (broad SMARTS) is 1. The minimum atomic E-state index is -2.25. The number of ether oxygens (including phenoxy) is 1. The van der Waals surface area contributed by atoms with Crippen molar-refractivity contribution in [2.24, 2.45) is 16.3 Å². The number of alkyl halides is 1. The van der Waals surface area contributed by atoms with E-state index < -0.39 is 15.5 Å². The van der Waals surface area contributed by atoms with Gasteiger partial charge in [-0.15, -0.1) is 11.6 Å². The van der Waals surface area contributed by atoms with Gasteiger partial charge in [-0.3, -0.25) is 14.0 Å². The highest BCUT2D eigenvalue weighted by molar-refractivity contribution is 7.99. The van der Waals surface area contributed by atoms with E-state index in [2.05, 4.69) is 41.8 Å². The molecule has 1 aliphatic heterocycles. The molecular formula is C29H36ClN3O4S. The summed E-state index contributed by atoms with van der Waals surface area (Å²) in [6.07, 6.45) is 12.3. The van der Waals surface area contributed by atoms with Gasteiger partial charge in [0, 0.05) is 16.6 Å². The van der Waals surface area contributed by atoms with Crippen LogP contribution in [0.5, 0.6) is 6.01 Å². The molecular weight excluding hydrogens is 522 g/mol. The van der Waals surface area contributed by atoms with E-state index in [1.54, 1.807) is 6.26 Å². The quantitative estimate of drug-likeness (QED) is 0.287. The van der Waals surface area contributed by atoms with Crippen molar-refractivity contribution in [3.63, 3.8) is 0 Å². The number of nitrogens with zero attached hydrogens (tertiary/aromatic N) is 2. The lowest BCUT2D eigenvalue weighted by Crippen LogP contribution is -2.43. The highest BCUT2D eigenvalue weighted by atomic mass is 35.5. The summed E-state index contributed by atoms with van der Waals surface area (Å²) in [7, 11) is -2.25. The van der Waals surface area contributed by atoms with E-state index in [-0.39, 0.29) is 28.9 Å². The van der Waals surface area contributed by atoms with Gasteiger partial charge in [-0.2, -0.15) is 4.98 Å². The number of aliphatic carboxylic acids is 1. The Morgan fingerprint density at radius 3 is 2.47 bits per heavy atom. The molecule has 2 N–H and O–H groups in total. The van der Waals surface area contributed by atoms with Crippen LogP contribution in [0, 0.1) is 11.3 Å². The monoisotopic (exact) mass is 557 g/mol. The smallest absolute Gasteiger partial charge is 0.306 e. The lowest BCUT2D eigenvalue weighted by Gasteiger charge is -2.31. The summed E-state index contributed by atoms with van der Waals surface area (Å²) in [5, 5.41) is 9.60. The largest absolute Gasteiger partial charge is 0.481 e. The van der Waals surface area contributed by atoms with Crippen LogP contribution in [0.1, 0.15) is 52.0 Å². The predicted molar refractivity (Wildman–Crippen MR) is 154 cm³/mol. The highest BCUT2D eigenvalue weighted by Crippen LogP contribution is 2.33. The molecule has 3 unspecified atom stereocenters. The van der Waals surface area contributed by atoms with Gasteiger partial charge >= 0.3 is 5.97 Å². The normalized spacial score (nSPS) is 25.7. The number of aromatic amines is 1. The summed E-state index contributed by atoms with van der Waals surface area (Å²) in [6, 6.07) is 7.81.